The van der Waals surface area contributed by atoms with Crippen LogP contribution in [0.5, 0.6) is 0 Å². The molecule has 166 valence electrons. The fourth-order valence-electron chi connectivity index (χ4n) is 7.49. The Morgan fingerprint density at radius 1 is 1.13 bits per heavy atom. The van der Waals surface area contributed by atoms with Crippen LogP contribution in [0.25, 0.3) is 0 Å². The third kappa shape index (κ3) is 2.59. The van der Waals surface area contributed by atoms with Crippen molar-refractivity contribution in [2.45, 2.75) is 58.5 Å². The van der Waals surface area contributed by atoms with Crippen LogP contribution in [0.1, 0.15) is 51.7 Å². The molecule has 0 unspecified atom stereocenters. The van der Waals surface area contributed by atoms with E-state index in [4.69, 9.17) is 18.9 Å². The van der Waals surface area contributed by atoms with Gasteiger partial charge in [-0.15, -0.1) is 0 Å². The average molecular weight is 428 g/mol. The van der Waals surface area contributed by atoms with E-state index in [1.807, 2.05) is 18.2 Å². The van der Waals surface area contributed by atoms with Gasteiger partial charge in [0.05, 0.1) is 11.8 Å². The molecule has 1 aromatic rings. The molecule has 2 aliphatic carbocycles. The Balaban J connectivity index is 1.50. The molecule has 7 nitrogen and oxygen atoms in total. The third-order valence-electron chi connectivity index (χ3n) is 8.23. The minimum Gasteiger partial charge on any atom is -0.459 e. The number of benzene rings is 1. The molecule has 2 saturated heterocycles. The van der Waals surface area contributed by atoms with Gasteiger partial charge >= 0.3 is 17.9 Å². The van der Waals surface area contributed by atoms with Gasteiger partial charge in [-0.1, -0.05) is 51.1 Å². The number of hydrogen-bond acceptors (Lipinski definition) is 7. The maximum atomic E-state index is 13.1. The molecule has 0 bridgehead atoms. The zero-order valence-electron chi connectivity index (χ0n) is 18.3. The van der Waals surface area contributed by atoms with Crippen LogP contribution in [-0.4, -0.2) is 37.4 Å². The summed E-state index contributed by atoms with van der Waals surface area (Å²) in [5.74, 6) is -1.95. The van der Waals surface area contributed by atoms with E-state index in [1.54, 1.807) is 12.1 Å². The molecule has 2 heterocycles. The number of ether oxygens (including phenoxy) is 4. The predicted octanol–water partition coefficient (Wildman–Crippen LogP) is 3.17. The number of carbonyl (C=O) groups is 3. The van der Waals surface area contributed by atoms with Gasteiger partial charge in [0.15, 0.2) is 6.10 Å². The van der Waals surface area contributed by atoms with E-state index in [1.165, 1.54) is 7.11 Å². The molecular formula is C24H28O7. The molecule has 4 fully saturated rings. The van der Waals surface area contributed by atoms with Gasteiger partial charge in [-0.05, 0) is 35.2 Å². The maximum Gasteiger partial charge on any atom is 0.340 e. The highest BCUT2D eigenvalue weighted by Crippen LogP contribution is 2.78. The van der Waals surface area contributed by atoms with Crippen LogP contribution in [0.3, 0.4) is 0 Å². The van der Waals surface area contributed by atoms with Crippen LogP contribution < -0.4 is 0 Å². The number of esters is 3. The van der Waals surface area contributed by atoms with Crippen molar-refractivity contribution in [2.75, 3.05) is 7.11 Å². The summed E-state index contributed by atoms with van der Waals surface area (Å²) < 4.78 is 22.6. The van der Waals surface area contributed by atoms with E-state index in [0.717, 1.165) is 6.42 Å². The summed E-state index contributed by atoms with van der Waals surface area (Å²) >= 11 is 0. The Morgan fingerprint density at radius 2 is 1.84 bits per heavy atom. The topological polar surface area (TPSA) is 88.1 Å². The predicted molar refractivity (Wildman–Crippen MR) is 107 cm³/mol. The van der Waals surface area contributed by atoms with Crippen LogP contribution in [0.15, 0.2) is 30.3 Å². The fourth-order valence-corrected chi connectivity index (χ4v) is 7.49. The van der Waals surface area contributed by atoms with Crippen molar-refractivity contribution in [1.29, 1.82) is 0 Å². The summed E-state index contributed by atoms with van der Waals surface area (Å²) in [7, 11) is 1.46. The van der Waals surface area contributed by atoms with Crippen molar-refractivity contribution in [2.24, 2.45) is 28.1 Å². The van der Waals surface area contributed by atoms with Gasteiger partial charge in [0.1, 0.15) is 12.0 Å². The van der Waals surface area contributed by atoms with Gasteiger partial charge in [0.2, 0.25) is 0 Å². The lowest BCUT2D eigenvalue weighted by molar-refractivity contribution is -0.229. The van der Waals surface area contributed by atoms with Gasteiger partial charge in [0.25, 0.3) is 6.29 Å². The minimum atomic E-state index is -0.918. The van der Waals surface area contributed by atoms with Crippen LogP contribution in [0.2, 0.25) is 0 Å². The first-order chi connectivity index (χ1) is 14.6. The molecule has 0 N–H and O–H groups in total. The Kier molecular flexibility index (Phi) is 4.33. The number of carbonyl (C=O) groups excluding carboxylic acids is 3. The average Bonchev–Trinajstić information content (AvgIpc) is 3.23. The lowest BCUT2D eigenvalue weighted by Gasteiger charge is -2.47. The molecule has 31 heavy (non-hydrogen) atoms. The van der Waals surface area contributed by atoms with E-state index < -0.39 is 47.2 Å². The summed E-state index contributed by atoms with van der Waals surface area (Å²) in [6, 6.07) is 9.13. The van der Waals surface area contributed by atoms with E-state index in [0.29, 0.717) is 12.0 Å². The van der Waals surface area contributed by atoms with Crippen LogP contribution in [-0.2, 0) is 33.3 Å². The minimum absolute atomic E-state index is 0.0232. The molecule has 0 aromatic heterocycles. The lowest BCUT2D eigenvalue weighted by Crippen LogP contribution is -2.55. The smallest absolute Gasteiger partial charge is 0.340 e. The highest BCUT2D eigenvalue weighted by Gasteiger charge is 2.83. The van der Waals surface area contributed by atoms with Crippen molar-refractivity contribution in [3.05, 3.63) is 35.9 Å². The summed E-state index contributed by atoms with van der Waals surface area (Å²) in [6.07, 6.45) is -0.883. The number of hydrogen-bond donors (Lipinski definition) is 0. The molecule has 2 saturated carbocycles. The summed E-state index contributed by atoms with van der Waals surface area (Å²) in [5.41, 5.74) is -0.606. The molecule has 5 rings (SSSR count). The number of rotatable bonds is 4. The zero-order chi connectivity index (χ0) is 22.2. The molecule has 1 spiro atoms. The van der Waals surface area contributed by atoms with Gasteiger partial charge in [-0.2, -0.15) is 0 Å². The van der Waals surface area contributed by atoms with E-state index in [-0.39, 0.29) is 23.7 Å². The van der Waals surface area contributed by atoms with Crippen molar-refractivity contribution in [1.82, 2.24) is 0 Å². The molecule has 1 aromatic carbocycles. The molecule has 0 radical (unpaired) electrons. The second kappa shape index (κ2) is 6.55. The fraction of sp³-hybridized carbons (Fsp3) is 0.625. The van der Waals surface area contributed by atoms with E-state index in [2.05, 4.69) is 20.8 Å². The van der Waals surface area contributed by atoms with E-state index in [9.17, 15) is 14.4 Å². The summed E-state index contributed by atoms with van der Waals surface area (Å²) in [5, 5.41) is 0. The standard InChI is InChI=1S/C24H28O7/c1-22(2)12-23(3)11-16(25)30-21-24(23)15(22)10-14(17(24)19(26)31-21)29-20(27)18(28-4)13-8-6-5-7-9-13/h5-9,14-15,17-18,21H,10-12H2,1-4H3/t14-,15-,17-,18-,21-,23-,24+/m0/s1. The summed E-state index contributed by atoms with van der Waals surface area (Å²) in [6.45, 7) is 6.37. The second-order valence-electron chi connectivity index (χ2n) is 10.4. The molecule has 7 heteroatoms. The van der Waals surface area contributed by atoms with Crippen LogP contribution in [0.4, 0.5) is 0 Å². The largest absolute Gasteiger partial charge is 0.459 e. The van der Waals surface area contributed by atoms with Gasteiger partial charge in [-0.25, -0.2) is 4.79 Å². The quantitative estimate of drug-likeness (QED) is 0.681. The van der Waals surface area contributed by atoms with Crippen LogP contribution >= 0.6 is 0 Å². The van der Waals surface area contributed by atoms with E-state index >= 15 is 0 Å². The molecule has 7 atom stereocenters. The lowest BCUT2D eigenvalue weighted by atomic mass is 9.57. The van der Waals surface area contributed by atoms with Crippen molar-refractivity contribution in [3.8, 4) is 0 Å². The van der Waals surface area contributed by atoms with Gasteiger partial charge < -0.3 is 18.9 Å². The Bertz CT molecular complexity index is 941. The maximum absolute atomic E-state index is 13.1. The molecule has 0 amide bonds. The Labute approximate surface area is 181 Å². The van der Waals surface area contributed by atoms with Crippen molar-refractivity contribution < 1.29 is 33.3 Å². The Hall–Kier alpha value is -2.41. The highest BCUT2D eigenvalue weighted by molar-refractivity contribution is 5.83. The normalized spacial score (nSPS) is 40.5. The van der Waals surface area contributed by atoms with Gasteiger partial charge in [0, 0.05) is 7.11 Å². The molecule has 2 aliphatic heterocycles. The zero-order valence-corrected chi connectivity index (χ0v) is 18.3. The SMILES string of the molecule is CO[C@H](C(=O)O[C@H]1C[C@H]2C(C)(C)C[C@]3(C)CC(=O)O[C@H]4OC(=O)[C@H]1[C@@]423)c1ccccc1. The van der Waals surface area contributed by atoms with Crippen molar-refractivity contribution in [3.63, 3.8) is 0 Å². The number of methoxy groups -OCH3 is 1. The third-order valence-corrected chi connectivity index (χ3v) is 8.23. The highest BCUT2D eigenvalue weighted by atomic mass is 16.7. The monoisotopic (exact) mass is 428 g/mol. The summed E-state index contributed by atoms with van der Waals surface area (Å²) in [4.78, 5) is 38.5. The second-order valence-corrected chi connectivity index (χ2v) is 10.4. The molecule has 4 aliphatic rings. The molecular weight excluding hydrogens is 400 g/mol. The first-order valence-corrected chi connectivity index (χ1v) is 10.8. The van der Waals surface area contributed by atoms with Crippen LogP contribution in [0, 0.1) is 28.1 Å². The van der Waals surface area contributed by atoms with Gasteiger partial charge in [-0.3, -0.25) is 9.59 Å². The van der Waals surface area contributed by atoms with Crippen molar-refractivity contribution >= 4 is 17.9 Å². The first-order valence-electron chi connectivity index (χ1n) is 10.8. The Morgan fingerprint density at radius 3 is 2.52 bits per heavy atom. The first kappa shape index (κ1) is 20.5.